The molecule has 1 aliphatic heterocycles. The fraction of sp³-hybridized carbons (Fsp3) is 0.471. The van der Waals surface area contributed by atoms with Crippen LogP contribution in [0.3, 0.4) is 0 Å². The number of amides is 2. The molecule has 2 rings (SSSR count). The quantitative estimate of drug-likeness (QED) is 0.589. The highest BCUT2D eigenvalue weighted by molar-refractivity contribution is 7.18. The molecule has 0 saturated carbocycles. The second-order valence-electron chi connectivity index (χ2n) is 6.62. The van der Waals surface area contributed by atoms with Gasteiger partial charge in [0.1, 0.15) is 5.67 Å². The highest BCUT2D eigenvalue weighted by Crippen LogP contribution is 2.35. The fourth-order valence-electron chi connectivity index (χ4n) is 2.58. The normalized spacial score (nSPS) is 22.8. The monoisotopic (exact) mass is 370 g/mol. The number of carbonyl (C=O) groups is 3. The number of rotatable bonds is 6. The smallest absolute Gasteiger partial charge is 0.287 e. The van der Waals surface area contributed by atoms with Gasteiger partial charge in [0, 0.05) is 6.54 Å². The first-order chi connectivity index (χ1) is 11.5. The molecule has 2 N–H and O–H groups in total. The molecule has 1 aromatic carbocycles. The standard InChI is InChI=1S/C17H21F2N2O3P/c1-16(2,18)17(19,25)9-21-15(24)13(22)11-8-20-14(23)12(11)10-6-4-3-5-7-10/h3-7,11-12H,8-9,25H2,1-2H3,(H,20,23)(H,21,24)/t11?,12-,17?/m1/s1. The van der Waals surface area contributed by atoms with Crippen molar-refractivity contribution >= 4 is 26.8 Å². The minimum absolute atomic E-state index is 0.0287. The average molecular weight is 370 g/mol. The lowest BCUT2D eigenvalue weighted by Crippen LogP contribution is -2.49. The van der Waals surface area contributed by atoms with Gasteiger partial charge in [0.15, 0.2) is 5.41 Å². The average Bonchev–Trinajstić information content (AvgIpc) is 2.93. The van der Waals surface area contributed by atoms with Crippen LogP contribution in [-0.2, 0) is 14.4 Å². The van der Waals surface area contributed by atoms with Gasteiger partial charge in [0.05, 0.1) is 18.4 Å². The number of ketones is 1. The van der Waals surface area contributed by atoms with E-state index < -0.39 is 41.1 Å². The van der Waals surface area contributed by atoms with E-state index in [1.165, 1.54) is 0 Å². The SMILES string of the molecule is CC(C)(F)C(F)(P)CNC(=O)C(=O)C1CNC(=O)[C@@H]1c1ccccc1. The predicted molar refractivity (Wildman–Crippen MR) is 92.4 cm³/mol. The topological polar surface area (TPSA) is 75.3 Å². The van der Waals surface area contributed by atoms with Gasteiger partial charge < -0.3 is 10.6 Å². The van der Waals surface area contributed by atoms with Gasteiger partial charge in [-0.2, -0.15) is 0 Å². The van der Waals surface area contributed by atoms with Crippen molar-refractivity contribution < 1.29 is 23.2 Å². The van der Waals surface area contributed by atoms with Gasteiger partial charge in [-0.15, -0.1) is 0 Å². The van der Waals surface area contributed by atoms with Gasteiger partial charge in [-0.25, -0.2) is 8.78 Å². The van der Waals surface area contributed by atoms with Crippen LogP contribution in [0.15, 0.2) is 30.3 Å². The Morgan fingerprint density at radius 3 is 2.44 bits per heavy atom. The Morgan fingerprint density at radius 1 is 1.28 bits per heavy atom. The number of carbonyl (C=O) groups excluding carboxylic acids is 3. The largest absolute Gasteiger partial charge is 0.355 e. The summed E-state index contributed by atoms with van der Waals surface area (Å²) in [5.41, 5.74) is -1.59. The third-order valence-electron chi connectivity index (χ3n) is 4.39. The van der Waals surface area contributed by atoms with Crippen LogP contribution in [0.4, 0.5) is 8.78 Å². The lowest BCUT2D eigenvalue weighted by molar-refractivity contribution is -0.140. The summed E-state index contributed by atoms with van der Waals surface area (Å²) in [4.78, 5) is 36.6. The van der Waals surface area contributed by atoms with Crippen molar-refractivity contribution in [2.75, 3.05) is 13.1 Å². The van der Waals surface area contributed by atoms with E-state index in [9.17, 15) is 23.2 Å². The summed E-state index contributed by atoms with van der Waals surface area (Å²) in [6.07, 6.45) is 0. The molecule has 25 heavy (non-hydrogen) atoms. The molecule has 0 aromatic heterocycles. The highest BCUT2D eigenvalue weighted by atomic mass is 31.0. The maximum Gasteiger partial charge on any atom is 0.287 e. The Bertz CT molecular complexity index is 674. The summed E-state index contributed by atoms with van der Waals surface area (Å²) >= 11 is 0. The van der Waals surface area contributed by atoms with Crippen LogP contribution in [0.25, 0.3) is 0 Å². The maximum atomic E-state index is 14.2. The summed E-state index contributed by atoms with van der Waals surface area (Å²) in [5.74, 6) is -3.86. The van der Waals surface area contributed by atoms with E-state index in [1.54, 1.807) is 39.6 Å². The van der Waals surface area contributed by atoms with E-state index in [4.69, 9.17) is 0 Å². The molecule has 4 atom stereocenters. The summed E-state index contributed by atoms with van der Waals surface area (Å²) in [6, 6.07) is 8.65. The van der Waals surface area contributed by atoms with Crippen molar-refractivity contribution in [1.29, 1.82) is 0 Å². The molecule has 1 fully saturated rings. The third kappa shape index (κ3) is 4.21. The van der Waals surface area contributed by atoms with Crippen molar-refractivity contribution in [3.8, 4) is 0 Å². The molecule has 1 saturated heterocycles. The van der Waals surface area contributed by atoms with E-state index in [2.05, 4.69) is 10.6 Å². The van der Waals surface area contributed by atoms with Crippen LogP contribution in [-0.4, -0.2) is 41.8 Å². The van der Waals surface area contributed by atoms with Gasteiger partial charge in [-0.3, -0.25) is 14.4 Å². The Balaban J connectivity index is 2.09. The van der Waals surface area contributed by atoms with Crippen molar-refractivity contribution in [2.24, 2.45) is 5.92 Å². The minimum Gasteiger partial charge on any atom is -0.355 e. The summed E-state index contributed by atoms with van der Waals surface area (Å²) in [6.45, 7) is 1.44. The van der Waals surface area contributed by atoms with Gasteiger partial charge in [-0.05, 0) is 19.4 Å². The van der Waals surface area contributed by atoms with Crippen molar-refractivity contribution in [1.82, 2.24) is 10.6 Å². The number of nitrogens with one attached hydrogen (secondary N) is 2. The molecule has 3 unspecified atom stereocenters. The van der Waals surface area contributed by atoms with Crippen LogP contribution >= 0.6 is 9.24 Å². The number of hydrogen-bond acceptors (Lipinski definition) is 3. The Hall–Kier alpha value is -1.88. The van der Waals surface area contributed by atoms with Crippen molar-refractivity contribution in [3.05, 3.63) is 35.9 Å². The maximum absolute atomic E-state index is 14.2. The number of hydrogen-bond donors (Lipinski definition) is 2. The molecule has 0 radical (unpaired) electrons. The third-order valence-corrected chi connectivity index (χ3v) is 5.29. The zero-order valence-corrected chi connectivity index (χ0v) is 15.2. The van der Waals surface area contributed by atoms with E-state index in [0.29, 0.717) is 5.56 Å². The van der Waals surface area contributed by atoms with Crippen LogP contribution < -0.4 is 10.6 Å². The summed E-state index contributed by atoms with van der Waals surface area (Å²) in [5, 5.41) is 2.29. The molecule has 5 nitrogen and oxygen atoms in total. The number of halogens is 2. The lowest BCUT2D eigenvalue weighted by atomic mass is 9.85. The zero-order chi connectivity index (χ0) is 18.8. The molecular weight excluding hydrogens is 349 g/mol. The summed E-state index contributed by atoms with van der Waals surface area (Å²) in [7, 11) is 1.72. The van der Waals surface area contributed by atoms with E-state index >= 15 is 0 Å². The second kappa shape index (κ2) is 7.16. The van der Waals surface area contributed by atoms with Crippen molar-refractivity contribution in [2.45, 2.75) is 30.8 Å². The number of benzene rings is 1. The van der Waals surface area contributed by atoms with Crippen molar-refractivity contribution in [3.63, 3.8) is 0 Å². The van der Waals surface area contributed by atoms with E-state index in [0.717, 1.165) is 13.8 Å². The molecule has 8 heteroatoms. The number of Topliss-reactive ketones (excluding diaryl/α,β-unsaturated/α-hetero) is 1. The first-order valence-electron chi connectivity index (χ1n) is 7.86. The molecule has 136 valence electrons. The molecule has 1 heterocycles. The Labute approximate surface area is 147 Å². The van der Waals surface area contributed by atoms with Gasteiger partial charge >= 0.3 is 0 Å². The molecule has 0 bridgehead atoms. The van der Waals surface area contributed by atoms with E-state index in [1.807, 2.05) is 0 Å². The van der Waals surface area contributed by atoms with Crippen LogP contribution in [0.2, 0.25) is 0 Å². The van der Waals surface area contributed by atoms with Crippen LogP contribution in [0.5, 0.6) is 0 Å². The number of alkyl halides is 2. The Morgan fingerprint density at radius 2 is 1.88 bits per heavy atom. The molecule has 0 aliphatic carbocycles. The van der Waals surface area contributed by atoms with Gasteiger partial charge in [0.2, 0.25) is 11.7 Å². The highest BCUT2D eigenvalue weighted by Gasteiger charge is 2.45. The van der Waals surface area contributed by atoms with Crippen LogP contribution in [0.1, 0.15) is 25.3 Å². The molecule has 1 aromatic rings. The molecular formula is C17H21F2N2O3P. The zero-order valence-electron chi connectivity index (χ0n) is 14.0. The molecule has 1 aliphatic rings. The van der Waals surface area contributed by atoms with Gasteiger partial charge in [0.25, 0.3) is 5.91 Å². The summed E-state index contributed by atoms with van der Waals surface area (Å²) < 4.78 is 28.0. The second-order valence-corrected chi connectivity index (χ2v) is 7.54. The van der Waals surface area contributed by atoms with E-state index in [-0.39, 0.29) is 12.5 Å². The Kier molecular flexibility index (Phi) is 5.57. The fourth-order valence-corrected chi connectivity index (χ4v) is 2.69. The first-order valence-corrected chi connectivity index (χ1v) is 8.44. The molecule has 0 spiro atoms. The van der Waals surface area contributed by atoms with Crippen LogP contribution in [0, 0.1) is 5.92 Å². The predicted octanol–water partition coefficient (Wildman–Crippen LogP) is 1.49. The first kappa shape index (κ1) is 19.4. The lowest BCUT2D eigenvalue weighted by Gasteiger charge is -2.30. The minimum atomic E-state index is -2.41. The van der Waals surface area contributed by atoms with Gasteiger partial charge in [-0.1, -0.05) is 39.6 Å². The molecule has 2 amide bonds.